The van der Waals surface area contributed by atoms with Crippen LogP contribution in [-0.4, -0.2) is 80.2 Å². The Kier molecular flexibility index (Phi) is 5.81. The van der Waals surface area contributed by atoms with Crippen LogP contribution >= 0.6 is 0 Å². The third-order valence-electron chi connectivity index (χ3n) is 3.71. The van der Waals surface area contributed by atoms with Crippen molar-refractivity contribution >= 4 is 27.4 Å². The summed E-state index contributed by atoms with van der Waals surface area (Å²) in [5.74, 6) is 0.723. The maximum absolute atomic E-state index is 12.4. The number of aryl methyl sites for hydroxylation is 1. The number of aliphatic imine (C=N–C) groups is 1. The van der Waals surface area contributed by atoms with E-state index in [0.29, 0.717) is 32.0 Å². The van der Waals surface area contributed by atoms with Crippen LogP contribution in [-0.2, 0) is 21.7 Å². The molecule has 0 bridgehead atoms. The van der Waals surface area contributed by atoms with Crippen LogP contribution < -0.4 is 10.2 Å². The lowest BCUT2D eigenvalue weighted by Gasteiger charge is -2.35. The smallest absolute Gasteiger partial charge is 0.246 e. The number of amides is 1. The van der Waals surface area contributed by atoms with Crippen LogP contribution in [0.1, 0.15) is 6.42 Å². The first-order valence-electron chi connectivity index (χ1n) is 7.72. The minimum absolute atomic E-state index is 0.0201. The Morgan fingerprint density at radius 1 is 1.42 bits per heavy atom. The number of sulfone groups is 1. The van der Waals surface area contributed by atoms with E-state index in [1.165, 1.54) is 6.26 Å². The lowest BCUT2D eigenvalue weighted by molar-refractivity contribution is -0.120. The van der Waals surface area contributed by atoms with E-state index in [1.807, 2.05) is 18.1 Å². The van der Waals surface area contributed by atoms with Crippen molar-refractivity contribution in [3.8, 4) is 0 Å². The number of guanidine groups is 1. The maximum atomic E-state index is 12.4. The van der Waals surface area contributed by atoms with Gasteiger partial charge in [-0.2, -0.15) is 5.10 Å². The summed E-state index contributed by atoms with van der Waals surface area (Å²) >= 11 is 0. The number of carbonyl (C=O) groups is 1. The van der Waals surface area contributed by atoms with E-state index in [2.05, 4.69) is 15.4 Å². The van der Waals surface area contributed by atoms with E-state index in [1.54, 1.807) is 22.8 Å². The van der Waals surface area contributed by atoms with Gasteiger partial charge in [0.25, 0.3) is 0 Å². The van der Waals surface area contributed by atoms with E-state index in [4.69, 9.17) is 0 Å². The van der Waals surface area contributed by atoms with Crippen molar-refractivity contribution in [1.82, 2.24) is 20.0 Å². The average Bonchev–Trinajstić information content (AvgIpc) is 2.92. The number of carbonyl (C=O) groups excluding carboxylic acids is 1. The number of nitrogens with one attached hydrogen (secondary N) is 1. The van der Waals surface area contributed by atoms with E-state index in [-0.39, 0.29) is 18.2 Å². The third-order valence-corrected chi connectivity index (χ3v) is 4.74. The lowest BCUT2D eigenvalue weighted by atomic mass is 10.3. The van der Waals surface area contributed by atoms with Crippen LogP contribution in [0, 0.1) is 0 Å². The second-order valence-corrected chi connectivity index (χ2v) is 8.06. The Labute approximate surface area is 142 Å². The van der Waals surface area contributed by atoms with Gasteiger partial charge in [-0.15, -0.1) is 0 Å². The van der Waals surface area contributed by atoms with Crippen molar-refractivity contribution in [2.45, 2.75) is 6.42 Å². The molecule has 1 aromatic heterocycles. The standard InChI is InChI=1S/C14H24N6O3S/c1-15-14(16-5-4-8-24(3,22)23)19-6-7-20(13(21)11-19)12-9-17-18(2)10-12/h9-10H,4-8,11H2,1-3H3,(H,15,16). The highest BCUT2D eigenvalue weighted by Crippen LogP contribution is 2.15. The largest absolute Gasteiger partial charge is 0.356 e. The van der Waals surface area contributed by atoms with E-state index >= 15 is 0 Å². The summed E-state index contributed by atoms with van der Waals surface area (Å²) in [6.45, 7) is 1.92. The first-order chi connectivity index (χ1) is 11.3. The highest BCUT2D eigenvalue weighted by Gasteiger charge is 2.27. The van der Waals surface area contributed by atoms with Crippen LogP contribution in [0.3, 0.4) is 0 Å². The van der Waals surface area contributed by atoms with Gasteiger partial charge in [0.1, 0.15) is 16.4 Å². The van der Waals surface area contributed by atoms with Gasteiger partial charge in [0.2, 0.25) is 5.91 Å². The minimum atomic E-state index is -2.96. The first-order valence-corrected chi connectivity index (χ1v) is 9.78. The molecule has 1 saturated heterocycles. The van der Waals surface area contributed by atoms with Crippen molar-refractivity contribution < 1.29 is 13.2 Å². The summed E-state index contributed by atoms with van der Waals surface area (Å²) in [6.07, 6.45) is 5.21. The molecule has 0 atom stereocenters. The average molecular weight is 356 g/mol. The summed E-state index contributed by atoms with van der Waals surface area (Å²) in [5, 5.41) is 7.21. The van der Waals surface area contributed by atoms with Crippen LogP contribution in [0.5, 0.6) is 0 Å². The van der Waals surface area contributed by atoms with Gasteiger partial charge in [0.05, 0.1) is 17.6 Å². The second-order valence-electron chi connectivity index (χ2n) is 5.80. The Morgan fingerprint density at radius 3 is 2.71 bits per heavy atom. The number of hydrogen-bond acceptors (Lipinski definition) is 5. The number of aromatic nitrogens is 2. The molecule has 1 amide bonds. The van der Waals surface area contributed by atoms with Gasteiger partial charge in [0, 0.05) is 46.2 Å². The summed E-state index contributed by atoms with van der Waals surface area (Å²) in [7, 11) is 0.501. The molecule has 0 aliphatic carbocycles. The molecule has 0 aromatic carbocycles. The van der Waals surface area contributed by atoms with Gasteiger partial charge < -0.3 is 15.1 Å². The molecule has 9 nitrogen and oxygen atoms in total. The zero-order valence-electron chi connectivity index (χ0n) is 14.3. The van der Waals surface area contributed by atoms with Crippen LogP contribution in [0.15, 0.2) is 17.4 Å². The number of hydrogen-bond donors (Lipinski definition) is 1. The summed E-state index contributed by atoms with van der Waals surface area (Å²) in [6, 6.07) is 0. The predicted molar refractivity (Wildman–Crippen MR) is 92.8 cm³/mol. The Morgan fingerprint density at radius 2 is 2.17 bits per heavy atom. The molecule has 1 N–H and O–H groups in total. The van der Waals surface area contributed by atoms with Gasteiger partial charge in [-0.25, -0.2) is 8.42 Å². The molecule has 2 heterocycles. The van der Waals surface area contributed by atoms with Crippen molar-refractivity contribution in [2.75, 3.05) is 50.1 Å². The number of nitrogens with zero attached hydrogens (tertiary/aromatic N) is 5. The zero-order chi connectivity index (χ0) is 17.7. The zero-order valence-corrected chi connectivity index (χ0v) is 15.1. The van der Waals surface area contributed by atoms with Crippen molar-refractivity contribution in [3.05, 3.63) is 12.4 Å². The fraction of sp³-hybridized carbons (Fsp3) is 0.643. The fourth-order valence-electron chi connectivity index (χ4n) is 2.54. The monoisotopic (exact) mass is 356 g/mol. The van der Waals surface area contributed by atoms with Crippen LogP contribution in [0.25, 0.3) is 0 Å². The molecule has 1 aromatic rings. The number of piperazine rings is 1. The molecule has 24 heavy (non-hydrogen) atoms. The normalized spacial score (nSPS) is 16.6. The van der Waals surface area contributed by atoms with Gasteiger partial charge >= 0.3 is 0 Å². The molecule has 0 spiro atoms. The summed E-state index contributed by atoms with van der Waals surface area (Å²) in [4.78, 5) is 20.1. The highest BCUT2D eigenvalue weighted by atomic mass is 32.2. The summed E-state index contributed by atoms with van der Waals surface area (Å²) in [5.41, 5.74) is 0.790. The van der Waals surface area contributed by atoms with Crippen molar-refractivity contribution in [2.24, 2.45) is 12.0 Å². The van der Waals surface area contributed by atoms with Crippen molar-refractivity contribution in [3.63, 3.8) is 0 Å². The SMILES string of the molecule is CN=C(NCCCS(C)(=O)=O)N1CCN(c2cnn(C)c2)C(=O)C1. The third kappa shape index (κ3) is 4.95. The molecule has 0 unspecified atom stereocenters. The predicted octanol–water partition coefficient (Wildman–Crippen LogP) is -0.921. The molecule has 1 fully saturated rings. The van der Waals surface area contributed by atoms with Crippen LogP contribution in [0.2, 0.25) is 0 Å². The molecule has 134 valence electrons. The Balaban J connectivity index is 1.87. The fourth-order valence-corrected chi connectivity index (χ4v) is 3.21. The maximum Gasteiger partial charge on any atom is 0.246 e. The van der Waals surface area contributed by atoms with Crippen molar-refractivity contribution in [1.29, 1.82) is 0 Å². The van der Waals surface area contributed by atoms with E-state index < -0.39 is 9.84 Å². The number of rotatable bonds is 5. The first kappa shape index (κ1) is 18.2. The lowest BCUT2D eigenvalue weighted by Crippen LogP contribution is -2.55. The van der Waals surface area contributed by atoms with Crippen LogP contribution in [0.4, 0.5) is 5.69 Å². The molecule has 1 aliphatic heterocycles. The van der Waals surface area contributed by atoms with Gasteiger partial charge in [-0.1, -0.05) is 0 Å². The highest BCUT2D eigenvalue weighted by molar-refractivity contribution is 7.90. The van der Waals surface area contributed by atoms with E-state index in [0.717, 1.165) is 5.69 Å². The van der Waals surface area contributed by atoms with Gasteiger partial charge in [-0.3, -0.25) is 14.5 Å². The Hall–Kier alpha value is -2.10. The van der Waals surface area contributed by atoms with E-state index in [9.17, 15) is 13.2 Å². The molecular weight excluding hydrogens is 332 g/mol. The molecule has 0 radical (unpaired) electrons. The second kappa shape index (κ2) is 7.65. The Bertz CT molecular complexity index is 712. The summed E-state index contributed by atoms with van der Waals surface area (Å²) < 4.78 is 23.9. The quantitative estimate of drug-likeness (QED) is 0.416. The molecule has 1 aliphatic rings. The number of anilines is 1. The molecule has 10 heteroatoms. The molecule has 2 rings (SSSR count). The molecule has 0 saturated carbocycles. The molecular formula is C14H24N6O3S. The minimum Gasteiger partial charge on any atom is -0.356 e. The van der Waals surface area contributed by atoms with Gasteiger partial charge in [-0.05, 0) is 6.42 Å². The topological polar surface area (TPSA) is 99.9 Å². The van der Waals surface area contributed by atoms with Gasteiger partial charge in [0.15, 0.2) is 5.96 Å².